The van der Waals surface area contributed by atoms with Gasteiger partial charge in [-0.1, -0.05) is 18.3 Å². The Labute approximate surface area is 111 Å². The maximum absolute atomic E-state index is 11.8. The van der Waals surface area contributed by atoms with Crippen molar-refractivity contribution >= 4 is 23.3 Å². The number of rotatable bonds is 5. The van der Waals surface area contributed by atoms with Crippen LogP contribution in [0.25, 0.3) is 0 Å². The first-order valence-electron chi connectivity index (χ1n) is 5.79. The van der Waals surface area contributed by atoms with Crippen molar-refractivity contribution in [1.29, 1.82) is 0 Å². The predicted octanol–water partition coefficient (Wildman–Crippen LogP) is 3.15. The summed E-state index contributed by atoms with van der Waals surface area (Å²) < 4.78 is 10.2. The van der Waals surface area contributed by atoms with Gasteiger partial charge in [-0.05, 0) is 32.4 Å². The van der Waals surface area contributed by atoms with Crippen LogP contribution in [0.1, 0.15) is 39.0 Å². The number of carbonyl (C=O) groups excluding carboxylic acids is 2. The molecule has 5 heteroatoms. The quantitative estimate of drug-likeness (QED) is 0.771. The van der Waals surface area contributed by atoms with E-state index in [1.807, 2.05) is 20.8 Å². The molecule has 4 nitrogen and oxygen atoms in total. The molecule has 0 saturated carbocycles. The van der Waals surface area contributed by atoms with Gasteiger partial charge in [-0.3, -0.25) is 9.59 Å². The van der Waals surface area contributed by atoms with Gasteiger partial charge in [0.1, 0.15) is 6.61 Å². The molecule has 0 aliphatic carbocycles. The third-order valence-corrected chi connectivity index (χ3v) is 3.60. The topological polar surface area (TPSA) is 52.6 Å². The van der Waals surface area contributed by atoms with Crippen molar-refractivity contribution in [2.45, 2.75) is 40.7 Å². The van der Waals surface area contributed by atoms with Gasteiger partial charge in [-0.25, -0.2) is 0 Å². The first-order chi connectivity index (χ1) is 8.35. The van der Waals surface area contributed by atoms with Crippen LogP contribution in [0.2, 0.25) is 0 Å². The second kappa shape index (κ2) is 6.00. The molecule has 0 fully saturated rings. The minimum atomic E-state index is -0.462. The average molecular weight is 270 g/mol. The molecular formula is C13H18O4S. The molecule has 100 valence electrons. The minimum Gasteiger partial charge on any atom is -0.460 e. The van der Waals surface area contributed by atoms with Crippen LogP contribution in [-0.2, 0) is 20.9 Å². The molecule has 0 aliphatic rings. The molecule has 0 saturated heterocycles. The van der Waals surface area contributed by atoms with E-state index >= 15 is 0 Å². The molecule has 0 N–H and O–H groups in total. The SMILES string of the molecule is CCC(C)(C)C(=O)OCc1ccc(OC(C)=O)s1. The van der Waals surface area contributed by atoms with Crippen LogP contribution < -0.4 is 4.74 Å². The summed E-state index contributed by atoms with van der Waals surface area (Å²) in [4.78, 5) is 23.4. The summed E-state index contributed by atoms with van der Waals surface area (Å²) in [5, 5.41) is 0.517. The second-order valence-corrected chi connectivity index (χ2v) is 5.76. The smallest absolute Gasteiger partial charge is 0.311 e. The van der Waals surface area contributed by atoms with Crippen molar-refractivity contribution < 1.29 is 19.1 Å². The fourth-order valence-electron chi connectivity index (χ4n) is 1.11. The number of hydrogen-bond acceptors (Lipinski definition) is 5. The van der Waals surface area contributed by atoms with E-state index in [0.29, 0.717) is 5.06 Å². The summed E-state index contributed by atoms with van der Waals surface area (Å²) in [7, 11) is 0. The van der Waals surface area contributed by atoms with E-state index in [-0.39, 0.29) is 18.5 Å². The summed E-state index contributed by atoms with van der Waals surface area (Å²) in [6, 6.07) is 3.48. The maximum atomic E-state index is 11.8. The highest BCUT2D eigenvalue weighted by Crippen LogP contribution is 2.27. The number of carbonyl (C=O) groups is 2. The average Bonchev–Trinajstić information content (AvgIpc) is 2.72. The van der Waals surface area contributed by atoms with Gasteiger partial charge in [0.15, 0.2) is 5.06 Å². The van der Waals surface area contributed by atoms with Crippen molar-refractivity contribution in [3.05, 3.63) is 17.0 Å². The Bertz CT molecular complexity index is 434. The summed E-state index contributed by atoms with van der Waals surface area (Å²) in [5.41, 5.74) is -0.462. The van der Waals surface area contributed by atoms with Gasteiger partial charge in [-0.2, -0.15) is 0 Å². The third-order valence-electron chi connectivity index (χ3n) is 2.66. The highest BCUT2D eigenvalue weighted by Gasteiger charge is 2.27. The second-order valence-electron chi connectivity index (χ2n) is 4.63. The van der Waals surface area contributed by atoms with Gasteiger partial charge < -0.3 is 9.47 Å². The molecule has 0 amide bonds. The van der Waals surface area contributed by atoms with Gasteiger partial charge in [-0.15, -0.1) is 0 Å². The molecule has 0 spiro atoms. The van der Waals surface area contributed by atoms with Crippen LogP contribution in [0, 0.1) is 5.41 Å². The third kappa shape index (κ3) is 4.14. The zero-order valence-corrected chi connectivity index (χ0v) is 11.9. The van der Waals surface area contributed by atoms with Crippen molar-refractivity contribution in [1.82, 2.24) is 0 Å². The van der Waals surface area contributed by atoms with Crippen LogP contribution in [0.5, 0.6) is 5.06 Å². The fraction of sp³-hybridized carbons (Fsp3) is 0.538. The largest absolute Gasteiger partial charge is 0.460 e. The van der Waals surface area contributed by atoms with E-state index in [9.17, 15) is 9.59 Å². The standard InChI is InChI=1S/C13H18O4S/c1-5-13(3,4)12(15)16-8-10-6-7-11(18-10)17-9(2)14/h6-7H,5,8H2,1-4H3. The summed E-state index contributed by atoms with van der Waals surface area (Å²) >= 11 is 1.30. The van der Waals surface area contributed by atoms with E-state index in [1.54, 1.807) is 12.1 Å². The van der Waals surface area contributed by atoms with Gasteiger partial charge in [0.05, 0.1) is 5.41 Å². The van der Waals surface area contributed by atoms with Crippen LogP contribution in [0.4, 0.5) is 0 Å². The Balaban J connectivity index is 2.51. The molecule has 18 heavy (non-hydrogen) atoms. The number of hydrogen-bond donors (Lipinski definition) is 0. The fourth-order valence-corrected chi connectivity index (χ4v) is 1.92. The van der Waals surface area contributed by atoms with Crippen molar-refractivity contribution in [2.75, 3.05) is 0 Å². The van der Waals surface area contributed by atoms with Crippen molar-refractivity contribution in [3.8, 4) is 5.06 Å². The van der Waals surface area contributed by atoms with E-state index in [1.165, 1.54) is 18.3 Å². The molecule has 1 aromatic rings. The summed E-state index contributed by atoms with van der Waals surface area (Å²) in [6.07, 6.45) is 0.731. The summed E-state index contributed by atoms with van der Waals surface area (Å²) in [6.45, 7) is 7.23. The summed E-state index contributed by atoms with van der Waals surface area (Å²) in [5.74, 6) is -0.569. The highest BCUT2D eigenvalue weighted by atomic mass is 32.1. The predicted molar refractivity (Wildman–Crippen MR) is 69.5 cm³/mol. The first-order valence-corrected chi connectivity index (χ1v) is 6.61. The molecule has 0 aromatic carbocycles. The Morgan fingerprint density at radius 1 is 1.33 bits per heavy atom. The molecule has 0 bridgehead atoms. The Morgan fingerprint density at radius 2 is 2.00 bits per heavy atom. The molecule has 1 rings (SSSR count). The molecule has 0 radical (unpaired) electrons. The van der Waals surface area contributed by atoms with Gasteiger partial charge in [0.2, 0.25) is 0 Å². The molecule has 0 unspecified atom stereocenters. The van der Waals surface area contributed by atoms with E-state index < -0.39 is 5.41 Å². The zero-order valence-electron chi connectivity index (χ0n) is 11.1. The molecule has 0 aliphatic heterocycles. The van der Waals surface area contributed by atoms with Gasteiger partial charge in [0.25, 0.3) is 0 Å². The molecule has 1 heterocycles. The first kappa shape index (κ1) is 14.7. The van der Waals surface area contributed by atoms with Gasteiger partial charge in [0, 0.05) is 11.8 Å². The molecule has 1 aromatic heterocycles. The van der Waals surface area contributed by atoms with Crippen LogP contribution in [0.15, 0.2) is 12.1 Å². The zero-order chi connectivity index (χ0) is 13.8. The Kier molecular flexibility index (Phi) is 4.90. The lowest BCUT2D eigenvalue weighted by Crippen LogP contribution is -2.25. The van der Waals surface area contributed by atoms with Crippen molar-refractivity contribution in [2.24, 2.45) is 5.41 Å². The lowest BCUT2D eigenvalue weighted by Gasteiger charge is -2.19. The maximum Gasteiger partial charge on any atom is 0.311 e. The molecular weight excluding hydrogens is 252 g/mol. The lowest BCUT2D eigenvalue weighted by molar-refractivity contribution is -0.155. The number of thiophene rings is 1. The Morgan fingerprint density at radius 3 is 2.56 bits per heavy atom. The van der Waals surface area contributed by atoms with Gasteiger partial charge >= 0.3 is 11.9 Å². The number of ether oxygens (including phenoxy) is 2. The van der Waals surface area contributed by atoms with E-state index in [2.05, 4.69) is 0 Å². The minimum absolute atomic E-state index is 0.215. The van der Waals surface area contributed by atoms with Crippen LogP contribution >= 0.6 is 11.3 Å². The normalized spacial score (nSPS) is 11.1. The lowest BCUT2D eigenvalue weighted by atomic mass is 9.91. The highest BCUT2D eigenvalue weighted by molar-refractivity contribution is 7.13. The Hall–Kier alpha value is -1.36. The van der Waals surface area contributed by atoms with E-state index in [4.69, 9.17) is 9.47 Å². The number of esters is 2. The van der Waals surface area contributed by atoms with E-state index in [0.717, 1.165) is 11.3 Å². The monoisotopic (exact) mass is 270 g/mol. The molecule has 0 atom stereocenters. The van der Waals surface area contributed by atoms with Crippen LogP contribution in [0.3, 0.4) is 0 Å². The van der Waals surface area contributed by atoms with Crippen LogP contribution in [-0.4, -0.2) is 11.9 Å². The van der Waals surface area contributed by atoms with Crippen molar-refractivity contribution in [3.63, 3.8) is 0 Å².